The summed E-state index contributed by atoms with van der Waals surface area (Å²) in [7, 11) is 0. The van der Waals surface area contributed by atoms with Crippen LogP contribution in [-0.2, 0) is 11.4 Å². The van der Waals surface area contributed by atoms with Crippen LogP contribution in [0.15, 0.2) is 41.3 Å². The predicted molar refractivity (Wildman–Crippen MR) is 128 cm³/mol. The van der Waals surface area contributed by atoms with Gasteiger partial charge in [0, 0.05) is 10.6 Å². The van der Waals surface area contributed by atoms with E-state index >= 15 is 0 Å². The third kappa shape index (κ3) is 5.12. The summed E-state index contributed by atoms with van der Waals surface area (Å²) in [5.74, 6) is 3.07. The van der Waals surface area contributed by atoms with Gasteiger partial charge in [-0.25, -0.2) is 0 Å². The zero-order chi connectivity index (χ0) is 21.7. The summed E-state index contributed by atoms with van der Waals surface area (Å²) in [6.45, 7) is 2.57. The molecule has 1 fully saturated rings. The van der Waals surface area contributed by atoms with Crippen LogP contribution < -0.4 is 9.47 Å². The number of carbonyl (C=O) groups is 2. The van der Waals surface area contributed by atoms with E-state index in [2.05, 4.69) is 28.5 Å². The highest BCUT2D eigenvalue weighted by atomic mass is 127. The first-order valence-electron chi connectivity index (χ1n) is 8.96. The molecule has 154 valence electrons. The standard InChI is InChI=1S/C22H17ClINO4S/c1-3-9-25-21(26)19(30-22(25)27)12-14-10-17(24)20(18(11-14)28-4-2)29-13-15-7-5-6-8-16(15)23/h1,5-8,10-12H,4,9,13H2,2H3/b19-12+. The van der Waals surface area contributed by atoms with Crippen molar-refractivity contribution in [1.82, 2.24) is 4.90 Å². The molecule has 30 heavy (non-hydrogen) atoms. The summed E-state index contributed by atoms with van der Waals surface area (Å²) in [5, 5.41) is 0.258. The molecule has 0 unspecified atom stereocenters. The zero-order valence-corrected chi connectivity index (χ0v) is 19.7. The van der Waals surface area contributed by atoms with Crippen LogP contribution in [0.5, 0.6) is 11.5 Å². The van der Waals surface area contributed by atoms with Crippen molar-refractivity contribution >= 4 is 63.2 Å². The van der Waals surface area contributed by atoms with Crippen molar-refractivity contribution in [1.29, 1.82) is 0 Å². The number of hydrogen-bond acceptors (Lipinski definition) is 5. The van der Waals surface area contributed by atoms with Crippen molar-refractivity contribution < 1.29 is 19.1 Å². The second kappa shape index (κ2) is 10.2. The van der Waals surface area contributed by atoms with E-state index in [4.69, 9.17) is 27.5 Å². The van der Waals surface area contributed by atoms with Gasteiger partial charge in [-0.05, 0) is 71.1 Å². The molecular formula is C22H17ClINO4S. The lowest BCUT2D eigenvalue weighted by Crippen LogP contribution is -2.28. The van der Waals surface area contributed by atoms with E-state index in [1.165, 1.54) is 0 Å². The Morgan fingerprint density at radius 3 is 2.73 bits per heavy atom. The highest BCUT2D eigenvalue weighted by Gasteiger charge is 2.34. The molecule has 1 saturated heterocycles. The molecule has 2 amide bonds. The third-order valence-corrected chi connectivity index (χ3v) is 6.16. The molecule has 1 aliphatic heterocycles. The van der Waals surface area contributed by atoms with Gasteiger partial charge >= 0.3 is 0 Å². The van der Waals surface area contributed by atoms with E-state index in [1.807, 2.05) is 37.3 Å². The number of amides is 2. The maximum absolute atomic E-state index is 12.4. The maximum Gasteiger partial charge on any atom is 0.294 e. The molecule has 1 heterocycles. The Labute approximate surface area is 197 Å². The first-order valence-corrected chi connectivity index (χ1v) is 11.2. The van der Waals surface area contributed by atoms with E-state index in [-0.39, 0.29) is 11.8 Å². The van der Waals surface area contributed by atoms with Crippen molar-refractivity contribution in [3.8, 4) is 23.8 Å². The van der Waals surface area contributed by atoms with Crippen LogP contribution in [0.2, 0.25) is 5.02 Å². The summed E-state index contributed by atoms with van der Waals surface area (Å²) in [5.41, 5.74) is 1.59. The minimum Gasteiger partial charge on any atom is -0.490 e. The molecule has 5 nitrogen and oxygen atoms in total. The van der Waals surface area contributed by atoms with Crippen LogP contribution in [0.1, 0.15) is 18.1 Å². The number of terminal acetylenes is 1. The Bertz CT molecular complexity index is 1060. The van der Waals surface area contributed by atoms with Crippen LogP contribution in [0.3, 0.4) is 0 Å². The summed E-state index contributed by atoms with van der Waals surface area (Å²) >= 11 is 9.23. The van der Waals surface area contributed by atoms with Crippen LogP contribution in [0.25, 0.3) is 6.08 Å². The first kappa shape index (κ1) is 22.5. The topological polar surface area (TPSA) is 55.8 Å². The third-order valence-electron chi connectivity index (χ3n) is 4.08. The predicted octanol–water partition coefficient (Wildman–Crippen LogP) is 5.59. The molecular weight excluding hydrogens is 537 g/mol. The molecule has 0 aromatic heterocycles. The van der Waals surface area contributed by atoms with Crippen LogP contribution >= 0.6 is 46.0 Å². The quantitative estimate of drug-likeness (QED) is 0.254. The van der Waals surface area contributed by atoms with Crippen LogP contribution in [0.4, 0.5) is 4.79 Å². The van der Waals surface area contributed by atoms with Crippen LogP contribution in [-0.4, -0.2) is 29.2 Å². The number of nitrogens with zero attached hydrogens (tertiary/aromatic N) is 1. The van der Waals surface area contributed by atoms with Crippen molar-refractivity contribution in [2.24, 2.45) is 0 Å². The fraction of sp³-hybridized carbons (Fsp3) is 0.182. The normalized spacial score (nSPS) is 14.9. The van der Waals surface area contributed by atoms with Crippen molar-refractivity contribution in [2.75, 3.05) is 13.2 Å². The Morgan fingerprint density at radius 2 is 2.03 bits per heavy atom. The Balaban J connectivity index is 1.88. The molecule has 0 N–H and O–H groups in total. The molecule has 0 spiro atoms. The molecule has 2 aromatic rings. The molecule has 0 radical (unpaired) electrons. The average Bonchev–Trinajstić information content (AvgIpc) is 2.96. The monoisotopic (exact) mass is 553 g/mol. The molecule has 2 aromatic carbocycles. The fourth-order valence-corrected chi connectivity index (χ4v) is 4.53. The van der Waals surface area contributed by atoms with E-state index in [0.29, 0.717) is 34.6 Å². The van der Waals surface area contributed by atoms with Crippen molar-refractivity contribution in [3.63, 3.8) is 0 Å². The first-order chi connectivity index (χ1) is 14.4. The lowest BCUT2D eigenvalue weighted by atomic mass is 10.1. The number of imide groups is 1. The van der Waals surface area contributed by atoms with Crippen molar-refractivity contribution in [2.45, 2.75) is 13.5 Å². The van der Waals surface area contributed by atoms with Gasteiger partial charge in [0.1, 0.15) is 6.61 Å². The molecule has 3 rings (SSSR count). The molecule has 0 aliphatic carbocycles. The Morgan fingerprint density at radius 1 is 1.27 bits per heavy atom. The van der Waals surface area contributed by atoms with Gasteiger partial charge in [0.05, 0.1) is 21.6 Å². The van der Waals surface area contributed by atoms with Gasteiger partial charge in [0.2, 0.25) is 0 Å². The highest BCUT2D eigenvalue weighted by molar-refractivity contribution is 14.1. The van der Waals surface area contributed by atoms with E-state index in [1.54, 1.807) is 12.1 Å². The number of benzene rings is 2. The molecule has 1 aliphatic rings. The van der Waals surface area contributed by atoms with Gasteiger partial charge < -0.3 is 9.47 Å². The number of rotatable bonds is 7. The van der Waals surface area contributed by atoms with E-state index in [9.17, 15) is 9.59 Å². The van der Waals surface area contributed by atoms with E-state index < -0.39 is 5.91 Å². The van der Waals surface area contributed by atoms with Gasteiger partial charge in [-0.1, -0.05) is 35.7 Å². The molecule has 0 saturated carbocycles. The fourth-order valence-electron chi connectivity index (χ4n) is 2.72. The van der Waals surface area contributed by atoms with Gasteiger partial charge in [-0.3, -0.25) is 14.5 Å². The SMILES string of the molecule is C#CCN1C(=O)S/C(=C/c2cc(I)c(OCc3ccccc3Cl)c(OCC)c2)C1=O. The summed E-state index contributed by atoms with van der Waals surface area (Å²) in [4.78, 5) is 25.8. The molecule has 8 heteroatoms. The zero-order valence-electron chi connectivity index (χ0n) is 16.0. The van der Waals surface area contributed by atoms with E-state index in [0.717, 1.165) is 31.4 Å². The summed E-state index contributed by atoms with van der Waals surface area (Å²) in [6, 6.07) is 11.1. The lowest BCUT2D eigenvalue weighted by Gasteiger charge is -2.15. The molecule has 0 bridgehead atoms. The number of ether oxygens (including phenoxy) is 2. The smallest absolute Gasteiger partial charge is 0.294 e. The number of halogens is 2. The Kier molecular flexibility index (Phi) is 7.69. The van der Waals surface area contributed by atoms with Gasteiger partial charge in [0.25, 0.3) is 11.1 Å². The average molecular weight is 554 g/mol. The molecule has 0 atom stereocenters. The van der Waals surface area contributed by atoms with Gasteiger partial charge in [-0.15, -0.1) is 6.42 Å². The van der Waals surface area contributed by atoms with Crippen LogP contribution in [0, 0.1) is 15.9 Å². The minimum absolute atomic E-state index is 0.0431. The number of carbonyl (C=O) groups excluding carboxylic acids is 2. The summed E-state index contributed by atoms with van der Waals surface area (Å²) < 4.78 is 12.6. The largest absolute Gasteiger partial charge is 0.490 e. The Hall–Kier alpha value is -2.15. The minimum atomic E-state index is -0.394. The lowest BCUT2D eigenvalue weighted by molar-refractivity contribution is -0.122. The summed E-state index contributed by atoms with van der Waals surface area (Å²) in [6.07, 6.45) is 6.89. The van der Waals surface area contributed by atoms with Crippen molar-refractivity contribution in [3.05, 3.63) is 61.0 Å². The second-order valence-electron chi connectivity index (χ2n) is 6.12. The second-order valence-corrected chi connectivity index (χ2v) is 8.68. The number of hydrogen-bond donors (Lipinski definition) is 0. The van der Waals surface area contributed by atoms with Gasteiger partial charge in [-0.2, -0.15) is 0 Å². The van der Waals surface area contributed by atoms with Gasteiger partial charge in [0.15, 0.2) is 11.5 Å². The highest BCUT2D eigenvalue weighted by Crippen LogP contribution is 2.38. The number of thioether (sulfide) groups is 1. The maximum atomic E-state index is 12.4.